The van der Waals surface area contributed by atoms with Crippen molar-refractivity contribution in [2.75, 3.05) is 23.7 Å². The molecule has 3 rings (SSSR count). The Morgan fingerprint density at radius 3 is 2.45 bits per heavy atom. The molecule has 0 radical (unpaired) electrons. The van der Waals surface area contributed by atoms with Crippen LogP contribution in [0, 0.1) is 0 Å². The Balaban J connectivity index is 1.73. The minimum Gasteiger partial charge on any atom is -0.383 e. The van der Waals surface area contributed by atoms with Crippen LogP contribution in [0.4, 0.5) is 19.1 Å². The molecule has 0 amide bonds. The lowest BCUT2D eigenvalue weighted by atomic mass is 10.1. The fourth-order valence-electron chi connectivity index (χ4n) is 2.58. The second kappa shape index (κ2) is 6.27. The van der Waals surface area contributed by atoms with Gasteiger partial charge in [0, 0.05) is 24.9 Å². The Bertz CT molecular complexity index is 512. The van der Waals surface area contributed by atoms with Crippen molar-refractivity contribution in [2.45, 2.75) is 55.6 Å². The van der Waals surface area contributed by atoms with Crippen LogP contribution in [0.5, 0.6) is 0 Å². The zero-order valence-electron chi connectivity index (χ0n) is 12.1. The Labute approximate surface area is 130 Å². The third kappa shape index (κ3) is 3.51. The average molecular weight is 336 g/mol. The Hall–Kier alpha value is -0.960. The lowest BCUT2D eigenvalue weighted by Gasteiger charge is -2.27. The number of halogens is 3. The SMILES string of the molecule is OC(CSc1nnc(N2CCCCC2)n1C1CC1)C(F)(F)F. The van der Waals surface area contributed by atoms with Crippen LogP contribution in [0.15, 0.2) is 5.16 Å². The van der Waals surface area contributed by atoms with Gasteiger partial charge in [-0.2, -0.15) is 13.2 Å². The van der Waals surface area contributed by atoms with E-state index in [2.05, 4.69) is 15.1 Å². The van der Waals surface area contributed by atoms with E-state index < -0.39 is 18.0 Å². The maximum atomic E-state index is 12.4. The largest absolute Gasteiger partial charge is 0.415 e. The number of hydrogen-bond acceptors (Lipinski definition) is 5. The molecule has 22 heavy (non-hydrogen) atoms. The predicted molar refractivity (Wildman–Crippen MR) is 77.1 cm³/mol. The molecule has 1 unspecified atom stereocenters. The minimum atomic E-state index is -4.59. The van der Waals surface area contributed by atoms with Gasteiger partial charge in [-0.1, -0.05) is 11.8 Å². The summed E-state index contributed by atoms with van der Waals surface area (Å²) in [6.45, 7) is 1.83. The Kier molecular flexibility index (Phi) is 4.54. The first-order valence-electron chi connectivity index (χ1n) is 7.54. The molecular formula is C13H19F3N4OS. The summed E-state index contributed by atoms with van der Waals surface area (Å²) in [5.41, 5.74) is 0. The van der Waals surface area contributed by atoms with Crippen LogP contribution in [-0.2, 0) is 0 Å². The summed E-state index contributed by atoms with van der Waals surface area (Å²) >= 11 is 0.928. The average Bonchev–Trinajstić information content (AvgIpc) is 3.24. The highest BCUT2D eigenvalue weighted by Crippen LogP contribution is 2.41. The van der Waals surface area contributed by atoms with E-state index in [1.54, 1.807) is 0 Å². The molecule has 2 aliphatic rings. The molecular weight excluding hydrogens is 317 g/mol. The van der Waals surface area contributed by atoms with Crippen LogP contribution in [0.1, 0.15) is 38.1 Å². The topological polar surface area (TPSA) is 54.2 Å². The zero-order chi connectivity index (χ0) is 15.7. The molecule has 5 nitrogen and oxygen atoms in total. The molecule has 1 aliphatic carbocycles. The number of thioether (sulfide) groups is 1. The van der Waals surface area contributed by atoms with Crippen molar-refractivity contribution in [2.24, 2.45) is 0 Å². The number of aromatic nitrogens is 3. The van der Waals surface area contributed by atoms with Crippen LogP contribution in [-0.4, -0.2) is 51.0 Å². The van der Waals surface area contributed by atoms with Crippen molar-refractivity contribution < 1.29 is 18.3 Å². The van der Waals surface area contributed by atoms with Gasteiger partial charge >= 0.3 is 6.18 Å². The highest BCUT2D eigenvalue weighted by Gasteiger charge is 2.39. The van der Waals surface area contributed by atoms with E-state index in [9.17, 15) is 13.2 Å². The number of piperidine rings is 1. The number of aliphatic hydroxyl groups excluding tert-OH is 1. The van der Waals surface area contributed by atoms with Crippen molar-refractivity contribution >= 4 is 17.7 Å². The van der Waals surface area contributed by atoms with Crippen molar-refractivity contribution in [1.82, 2.24) is 14.8 Å². The first-order chi connectivity index (χ1) is 10.5. The van der Waals surface area contributed by atoms with E-state index in [0.29, 0.717) is 5.16 Å². The minimum absolute atomic E-state index is 0.289. The van der Waals surface area contributed by atoms with Gasteiger partial charge in [0.15, 0.2) is 11.3 Å². The molecule has 0 bridgehead atoms. The molecule has 2 heterocycles. The van der Waals surface area contributed by atoms with E-state index in [-0.39, 0.29) is 6.04 Å². The fraction of sp³-hybridized carbons (Fsp3) is 0.846. The summed E-state index contributed by atoms with van der Waals surface area (Å²) in [5, 5.41) is 17.9. The van der Waals surface area contributed by atoms with E-state index in [1.165, 1.54) is 6.42 Å². The van der Waals surface area contributed by atoms with Gasteiger partial charge in [0.25, 0.3) is 0 Å². The highest BCUT2D eigenvalue weighted by atomic mass is 32.2. The van der Waals surface area contributed by atoms with Crippen molar-refractivity contribution in [3.63, 3.8) is 0 Å². The number of aliphatic hydroxyl groups is 1. The van der Waals surface area contributed by atoms with Crippen LogP contribution in [0.3, 0.4) is 0 Å². The van der Waals surface area contributed by atoms with Gasteiger partial charge in [-0.05, 0) is 32.1 Å². The van der Waals surface area contributed by atoms with Crippen LogP contribution < -0.4 is 4.90 Å². The molecule has 124 valence electrons. The normalized spacial score (nSPS) is 21.2. The number of hydrogen-bond donors (Lipinski definition) is 1. The molecule has 1 aromatic rings. The van der Waals surface area contributed by atoms with E-state index in [0.717, 1.165) is 56.5 Å². The van der Waals surface area contributed by atoms with Crippen molar-refractivity contribution in [3.05, 3.63) is 0 Å². The van der Waals surface area contributed by atoms with E-state index in [4.69, 9.17) is 5.11 Å². The van der Waals surface area contributed by atoms with E-state index >= 15 is 0 Å². The van der Waals surface area contributed by atoms with Gasteiger partial charge in [-0.25, -0.2) is 0 Å². The summed E-state index contributed by atoms with van der Waals surface area (Å²) < 4.78 is 39.2. The molecule has 1 atom stereocenters. The van der Waals surface area contributed by atoms with Gasteiger partial charge in [0.2, 0.25) is 5.95 Å². The van der Waals surface area contributed by atoms with Crippen LogP contribution >= 0.6 is 11.8 Å². The van der Waals surface area contributed by atoms with Gasteiger partial charge < -0.3 is 10.0 Å². The standard InChI is InChI=1S/C13H19F3N4OS/c14-13(15,16)10(21)8-22-12-18-17-11(20(12)9-4-5-9)19-6-2-1-3-7-19/h9-10,21H,1-8H2. The molecule has 1 N–H and O–H groups in total. The number of anilines is 1. The summed E-state index contributed by atoms with van der Waals surface area (Å²) in [6.07, 6.45) is -1.50. The number of alkyl halides is 3. The van der Waals surface area contributed by atoms with Crippen molar-refractivity contribution in [1.29, 1.82) is 0 Å². The van der Waals surface area contributed by atoms with Crippen LogP contribution in [0.25, 0.3) is 0 Å². The third-order valence-electron chi connectivity index (χ3n) is 3.95. The predicted octanol–water partition coefficient (Wildman–Crippen LogP) is 2.62. The second-order valence-corrected chi connectivity index (χ2v) is 6.79. The molecule has 0 spiro atoms. The molecule has 0 aromatic carbocycles. The first kappa shape index (κ1) is 15.9. The Morgan fingerprint density at radius 1 is 1.18 bits per heavy atom. The van der Waals surface area contributed by atoms with Crippen LogP contribution in [0.2, 0.25) is 0 Å². The van der Waals surface area contributed by atoms with Gasteiger partial charge in [0.1, 0.15) is 0 Å². The summed E-state index contributed by atoms with van der Waals surface area (Å²) in [6, 6.07) is 0.289. The maximum absolute atomic E-state index is 12.4. The van der Waals surface area contributed by atoms with Crippen molar-refractivity contribution in [3.8, 4) is 0 Å². The highest BCUT2D eigenvalue weighted by molar-refractivity contribution is 7.99. The maximum Gasteiger partial charge on any atom is 0.415 e. The molecule has 9 heteroatoms. The fourth-order valence-corrected chi connectivity index (χ4v) is 3.54. The number of rotatable bonds is 5. The monoisotopic (exact) mass is 336 g/mol. The first-order valence-corrected chi connectivity index (χ1v) is 8.53. The molecule has 2 fully saturated rings. The third-order valence-corrected chi connectivity index (χ3v) is 4.96. The summed E-state index contributed by atoms with van der Waals surface area (Å²) in [4.78, 5) is 2.17. The quantitative estimate of drug-likeness (QED) is 0.838. The zero-order valence-corrected chi connectivity index (χ0v) is 12.9. The summed E-state index contributed by atoms with van der Waals surface area (Å²) in [7, 11) is 0. The smallest absolute Gasteiger partial charge is 0.383 e. The van der Waals surface area contributed by atoms with E-state index in [1.807, 2.05) is 4.57 Å². The lowest BCUT2D eigenvalue weighted by Crippen LogP contribution is -2.32. The molecule has 1 saturated carbocycles. The summed E-state index contributed by atoms with van der Waals surface area (Å²) in [5.74, 6) is 0.320. The van der Waals surface area contributed by atoms with Gasteiger partial charge in [-0.15, -0.1) is 10.2 Å². The lowest BCUT2D eigenvalue weighted by molar-refractivity contribution is -0.195. The molecule has 1 saturated heterocycles. The Morgan fingerprint density at radius 2 is 1.86 bits per heavy atom. The molecule has 1 aromatic heterocycles. The molecule has 1 aliphatic heterocycles. The second-order valence-electron chi connectivity index (χ2n) is 5.80. The van der Waals surface area contributed by atoms with Gasteiger partial charge in [-0.3, -0.25) is 4.57 Å². The number of nitrogens with zero attached hydrogens (tertiary/aromatic N) is 4. The van der Waals surface area contributed by atoms with Gasteiger partial charge in [0.05, 0.1) is 0 Å².